The van der Waals surface area contributed by atoms with Crippen LogP contribution in [0.3, 0.4) is 0 Å². The van der Waals surface area contributed by atoms with Crippen LogP contribution in [0.1, 0.15) is 5.56 Å². The summed E-state index contributed by atoms with van der Waals surface area (Å²) in [6.07, 6.45) is 2.13. The predicted octanol–water partition coefficient (Wildman–Crippen LogP) is 2.24. The molecule has 0 N–H and O–H groups in total. The maximum atomic E-state index is 13.3. The fourth-order valence-corrected chi connectivity index (χ4v) is 2.46. The summed E-state index contributed by atoms with van der Waals surface area (Å²) < 4.78 is 36.3. The molecule has 17 heavy (non-hydrogen) atoms. The molecule has 0 unspecified atom stereocenters. The lowest BCUT2D eigenvalue weighted by Gasteiger charge is -2.06. The Bertz CT molecular complexity index is 716. The second-order valence-electron chi connectivity index (χ2n) is 3.67. The highest BCUT2D eigenvalue weighted by atomic mass is 79.9. The lowest BCUT2D eigenvalue weighted by atomic mass is 10.2. The number of aromatic nitrogens is 2. The van der Waals surface area contributed by atoms with E-state index in [0.717, 1.165) is 12.5 Å². The van der Waals surface area contributed by atoms with Gasteiger partial charge >= 0.3 is 0 Å². The molecule has 0 aliphatic carbocycles. The molecule has 0 aromatic carbocycles. The first-order valence-electron chi connectivity index (χ1n) is 4.62. The molecule has 0 fully saturated rings. The molecule has 2 aromatic rings. The van der Waals surface area contributed by atoms with E-state index in [1.165, 1.54) is 6.07 Å². The summed E-state index contributed by atoms with van der Waals surface area (Å²) in [4.78, 5) is 7.83. The highest BCUT2D eigenvalue weighted by molar-refractivity contribution is 9.10. The summed E-state index contributed by atoms with van der Waals surface area (Å²) in [6, 6.07) is 1.43. The molecule has 0 bridgehead atoms. The molecule has 0 amide bonds. The predicted molar refractivity (Wildman–Crippen MR) is 65.0 cm³/mol. The summed E-state index contributed by atoms with van der Waals surface area (Å²) in [7, 11) is -3.43. The lowest BCUT2D eigenvalue weighted by Crippen LogP contribution is -2.03. The average molecular weight is 319 g/mol. The van der Waals surface area contributed by atoms with Crippen LogP contribution in [-0.2, 0) is 9.84 Å². The van der Waals surface area contributed by atoms with Gasteiger partial charge < -0.3 is 0 Å². The highest BCUT2D eigenvalue weighted by Gasteiger charge is 2.15. The second kappa shape index (κ2) is 3.99. The van der Waals surface area contributed by atoms with E-state index in [1.54, 1.807) is 6.92 Å². The van der Waals surface area contributed by atoms with Crippen molar-refractivity contribution >= 4 is 36.8 Å². The molecule has 0 atom stereocenters. The fraction of sp³-hybridized carbons (Fsp3) is 0.200. The Morgan fingerprint density at radius 3 is 2.59 bits per heavy atom. The van der Waals surface area contributed by atoms with E-state index < -0.39 is 15.7 Å². The van der Waals surface area contributed by atoms with Crippen molar-refractivity contribution < 1.29 is 12.8 Å². The molecule has 2 aromatic heterocycles. The summed E-state index contributed by atoms with van der Waals surface area (Å²) in [5.41, 5.74) is 1.33. The summed E-state index contributed by atoms with van der Waals surface area (Å²) in [5.74, 6) is -0.574. The normalized spacial score (nSPS) is 12.0. The minimum atomic E-state index is -3.43. The molecule has 90 valence electrons. The van der Waals surface area contributed by atoms with Gasteiger partial charge in [0, 0.05) is 6.26 Å². The molecule has 0 saturated carbocycles. The molecule has 0 spiro atoms. The summed E-state index contributed by atoms with van der Waals surface area (Å²) >= 11 is 3.04. The Morgan fingerprint density at radius 1 is 1.35 bits per heavy atom. The van der Waals surface area contributed by atoms with Gasteiger partial charge in [0.15, 0.2) is 20.7 Å². The van der Waals surface area contributed by atoms with Crippen molar-refractivity contribution in [3.63, 3.8) is 0 Å². The van der Waals surface area contributed by atoms with Crippen LogP contribution in [-0.4, -0.2) is 24.6 Å². The smallest absolute Gasteiger partial charge is 0.192 e. The van der Waals surface area contributed by atoms with Crippen LogP contribution >= 0.6 is 15.9 Å². The topological polar surface area (TPSA) is 59.9 Å². The number of halogens is 2. The average Bonchev–Trinajstić information content (AvgIpc) is 2.22. The van der Waals surface area contributed by atoms with Gasteiger partial charge in [-0.25, -0.2) is 17.8 Å². The van der Waals surface area contributed by atoms with E-state index in [0.29, 0.717) is 11.1 Å². The van der Waals surface area contributed by atoms with E-state index in [4.69, 9.17) is 0 Å². The van der Waals surface area contributed by atoms with Gasteiger partial charge in [-0.2, -0.15) is 0 Å². The zero-order valence-corrected chi connectivity index (χ0v) is 11.4. The maximum absolute atomic E-state index is 13.3. The summed E-state index contributed by atoms with van der Waals surface area (Å²) in [6.45, 7) is 1.70. The Hall–Kier alpha value is -1.08. The van der Waals surface area contributed by atoms with Gasteiger partial charge in [0.2, 0.25) is 0 Å². The molecule has 0 aliphatic heterocycles. The monoisotopic (exact) mass is 318 g/mol. The van der Waals surface area contributed by atoms with Crippen LogP contribution in [0.25, 0.3) is 11.0 Å². The number of hydrogen-bond acceptors (Lipinski definition) is 4. The third-order valence-corrected chi connectivity index (χ3v) is 3.99. The van der Waals surface area contributed by atoms with Crippen molar-refractivity contribution in [2.75, 3.05) is 6.26 Å². The largest absolute Gasteiger partial charge is 0.251 e. The van der Waals surface area contributed by atoms with Gasteiger partial charge in [0.05, 0.1) is 16.2 Å². The highest BCUT2D eigenvalue weighted by Crippen LogP contribution is 2.26. The van der Waals surface area contributed by atoms with Crippen molar-refractivity contribution in [2.24, 2.45) is 0 Å². The Balaban J connectivity index is 2.94. The molecule has 0 aliphatic rings. The van der Waals surface area contributed by atoms with Crippen molar-refractivity contribution in [3.05, 3.63) is 28.1 Å². The van der Waals surface area contributed by atoms with E-state index in [9.17, 15) is 12.8 Å². The number of sulfone groups is 1. The summed E-state index contributed by atoms with van der Waals surface area (Å²) in [5, 5.41) is -0.0874. The van der Waals surface area contributed by atoms with Crippen molar-refractivity contribution in [1.82, 2.24) is 9.97 Å². The minimum Gasteiger partial charge on any atom is -0.251 e. The van der Waals surface area contributed by atoms with Crippen LogP contribution < -0.4 is 0 Å². The third-order valence-electron chi connectivity index (χ3n) is 2.26. The van der Waals surface area contributed by atoms with Crippen LogP contribution in [0.4, 0.5) is 4.39 Å². The van der Waals surface area contributed by atoms with E-state index >= 15 is 0 Å². The van der Waals surface area contributed by atoms with Gasteiger partial charge in [0.1, 0.15) is 5.52 Å². The van der Waals surface area contributed by atoms with Crippen LogP contribution in [0.5, 0.6) is 0 Å². The molecule has 4 nitrogen and oxygen atoms in total. The fourth-order valence-electron chi connectivity index (χ4n) is 1.43. The van der Waals surface area contributed by atoms with Crippen molar-refractivity contribution in [3.8, 4) is 0 Å². The molecule has 0 radical (unpaired) electrons. The Kier molecular flexibility index (Phi) is 2.90. The zero-order valence-electron chi connectivity index (χ0n) is 9.03. The van der Waals surface area contributed by atoms with Crippen LogP contribution in [0, 0.1) is 12.7 Å². The number of nitrogens with zero attached hydrogens (tertiary/aromatic N) is 2. The number of fused-ring (bicyclic) bond motifs is 1. The number of rotatable bonds is 1. The third kappa shape index (κ3) is 2.16. The number of pyridine rings is 2. The van der Waals surface area contributed by atoms with Crippen LogP contribution in [0.2, 0.25) is 0 Å². The first kappa shape index (κ1) is 12.4. The molecular formula is C10H8BrFN2O2S. The molecule has 2 rings (SSSR count). The van der Waals surface area contributed by atoms with Crippen LogP contribution in [0.15, 0.2) is 21.8 Å². The van der Waals surface area contributed by atoms with Gasteiger partial charge in [-0.05, 0) is 34.5 Å². The van der Waals surface area contributed by atoms with Gasteiger partial charge in [-0.3, -0.25) is 4.98 Å². The number of hydrogen-bond donors (Lipinski definition) is 0. The first-order chi connectivity index (χ1) is 7.80. The molecule has 7 heteroatoms. The minimum absolute atomic E-state index is 0.0874. The zero-order chi connectivity index (χ0) is 12.8. The Morgan fingerprint density at radius 2 is 2.00 bits per heavy atom. The Labute approximate surface area is 106 Å². The molecule has 0 saturated heterocycles. The molecular weight excluding hydrogens is 311 g/mol. The second-order valence-corrected chi connectivity index (χ2v) is 6.42. The SMILES string of the molecule is Cc1cc(S(C)(=O)=O)nc2c(Br)c(F)cnc12. The van der Waals surface area contributed by atoms with Crippen molar-refractivity contribution in [2.45, 2.75) is 11.9 Å². The molecule has 2 heterocycles. The van der Waals surface area contributed by atoms with E-state index in [-0.39, 0.29) is 15.0 Å². The van der Waals surface area contributed by atoms with E-state index in [1.807, 2.05) is 0 Å². The van der Waals surface area contributed by atoms with E-state index in [2.05, 4.69) is 25.9 Å². The number of aryl methyl sites for hydroxylation is 1. The maximum Gasteiger partial charge on any atom is 0.192 e. The first-order valence-corrected chi connectivity index (χ1v) is 7.30. The standard InChI is InChI=1S/C10H8BrFN2O2S/c1-5-3-7(17(2,15)16)14-10-8(11)6(12)4-13-9(5)10/h3-4H,1-2H3. The van der Waals surface area contributed by atoms with Crippen molar-refractivity contribution in [1.29, 1.82) is 0 Å². The van der Waals surface area contributed by atoms with Gasteiger partial charge in [0.25, 0.3) is 0 Å². The lowest BCUT2D eigenvalue weighted by molar-refractivity contribution is 0.598. The van der Waals surface area contributed by atoms with Gasteiger partial charge in [-0.15, -0.1) is 0 Å². The quantitative estimate of drug-likeness (QED) is 0.809. The van der Waals surface area contributed by atoms with Gasteiger partial charge in [-0.1, -0.05) is 0 Å².